The number of hydrogen-bond acceptors (Lipinski definition) is 4. The monoisotopic (exact) mass is 290 g/mol. The second-order valence-electron chi connectivity index (χ2n) is 4.34. The molecule has 0 saturated heterocycles. The maximum Gasteiger partial charge on any atom is 0.339 e. The van der Waals surface area contributed by atoms with Gasteiger partial charge in [-0.1, -0.05) is 11.6 Å². The van der Waals surface area contributed by atoms with Crippen molar-refractivity contribution in [3.8, 4) is 0 Å². The number of benzene rings is 1. The summed E-state index contributed by atoms with van der Waals surface area (Å²) in [6.07, 6.45) is 3.54. The van der Waals surface area contributed by atoms with Crippen molar-refractivity contribution in [3.63, 3.8) is 0 Å². The van der Waals surface area contributed by atoms with Gasteiger partial charge in [0.1, 0.15) is 0 Å². The molecule has 0 saturated carbocycles. The first-order chi connectivity index (χ1) is 9.61. The fourth-order valence-corrected chi connectivity index (χ4v) is 1.99. The molecule has 0 spiro atoms. The summed E-state index contributed by atoms with van der Waals surface area (Å²) in [4.78, 5) is 15.8. The van der Waals surface area contributed by atoms with Crippen LogP contribution in [-0.2, 0) is 11.3 Å². The zero-order valence-corrected chi connectivity index (χ0v) is 12.1. The van der Waals surface area contributed by atoms with E-state index in [-0.39, 0.29) is 0 Å². The Balaban J connectivity index is 2.22. The van der Waals surface area contributed by atoms with Crippen LogP contribution in [0.3, 0.4) is 0 Å². The van der Waals surface area contributed by atoms with Crippen LogP contribution < -0.4 is 5.32 Å². The summed E-state index contributed by atoms with van der Waals surface area (Å²) in [6, 6.07) is 6.95. The van der Waals surface area contributed by atoms with Crippen LogP contribution in [0.4, 0.5) is 5.69 Å². The van der Waals surface area contributed by atoms with Crippen molar-refractivity contribution in [2.24, 2.45) is 0 Å². The van der Waals surface area contributed by atoms with Crippen LogP contribution in [0, 0.1) is 6.92 Å². The molecule has 0 bridgehead atoms. The Kier molecular flexibility index (Phi) is 4.58. The van der Waals surface area contributed by atoms with Crippen LogP contribution in [0.5, 0.6) is 0 Å². The van der Waals surface area contributed by atoms with Crippen molar-refractivity contribution in [1.29, 1.82) is 0 Å². The number of hydrogen-bond donors (Lipinski definition) is 1. The molecular formula is C15H15ClN2O2. The number of carbonyl (C=O) groups excluding carboxylic acids is 1. The predicted octanol–water partition coefficient (Wildman–Crippen LogP) is 3.44. The van der Waals surface area contributed by atoms with Gasteiger partial charge in [0.05, 0.1) is 18.4 Å². The number of pyridine rings is 1. The zero-order valence-electron chi connectivity index (χ0n) is 11.3. The van der Waals surface area contributed by atoms with Gasteiger partial charge in [-0.2, -0.15) is 0 Å². The van der Waals surface area contributed by atoms with E-state index >= 15 is 0 Å². The highest BCUT2D eigenvalue weighted by molar-refractivity contribution is 6.31. The minimum atomic E-state index is -0.396. The first kappa shape index (κ1) is 14.3. The van der Waals surface area contributed by atoms with Crippen LogP contribution in [0.1, 0.15) is 21.5 Å². The number of anilines is 1. The number of rotatable bonds is 4. The molecule has 0 radical (unpaired) electrons. The predicted molar refractivity (Wildman–Crippen MR) is 79.1 cm³/mol. The highest BCUT2D eigenvalue weighted by Gasteiger charge is 2.12. The number of ether oxygens (including phenoxy) is 1. The van der Waals surface area contributed by atoms with Crippen LogP contribution in [0.2, 0.25) is 5.02 Å². The molecular weight excluding hydrogens is 276 g/mol. The van der Waals surface area contributed by atoms with Crippen molar-refractivity contribution in [2.75, 3.05) is 12.4 Å². The molecule has 5 heteroatoms. The third-order valence-electron chi connectivity index (χ3n) is 3.00. The van der Waals surface area contributed by atoms with Gasteiger partial charge in [0.15, 0.2) is 0 Å². The number of carbonyl (C=O) groups is 1. The molecule has 2 aromatic rings. The van der Waals surface area contributed by atoms with E-state index in [0.29, 0.717) is 22.8 Å². The number of halogens is 1. The molecule has 0 atom stereocenters. The van der Waals surface area contributed by atoms with Crippen LogP contribution in [0.15, 0.2) is 36.7 Å². The summed E-state index contributed by atoms with van der Waals surface area (Å²) in [5.74, 6) is -0.396. The lowest BCUT2D eigenvalue weighted by molar-refractivity contribution is 0.0602. The third-order valence-corrected chi connectivity index (χ3v) is 3.24. The van der Waals surface area contributed by atoms with Crippen LogP contribution >= 0.6 is 11.6 Å². The van der Waals surface area contributed by atoms with Gasteiger partial charge in [-0.05, 0) is 42.3 Å². The van der Waals surface area contributed by atoms with E-state index in [1.165, 1.54) is 7.11 Å². The Morgan fingerprint density at radius 1 is 1.40 bits per heavy atom. The second-order valence-corrected chi connectivity index (χ2v) is 4.77. The number of aryl methyl sites for hydroxylation is 1. The Morgan fingerprint density at radius 2 is 2.20 bits per heavy atom. The van der Waals surface area contributed by atoms with E-state index in [1.807, 2.05) is 13.0 Å². The lowest BCUT2D eigenvalue weighted by atomic mass is 10.1. The normalized spacial score (nSPS) is 10.2. The highest BCUT2D eigenvalue weighted by atomic mass is 35.5. The Labute approximate surface area is 122 Å². The maximum atomic E-state index is 11.7. The Hall–Kier alpha value is -2.07. The third kappa shape index (κ3) is 3.27. The summed E-state index contributed by atoms with van der Waals surface area (Å²) in [5, 5.41) is 3.76. The molecule has 1 aromatic carbocycles. The lowest BCUT2D eigenvalue weighted by Gasteiger charge is -2.12. The maximum absolute atomic E-state index is 11.7. The average molecular weight is 291 g/mol. The van der Waals surface area contributed by atoms with Crippen molar-refractivity contribution in [3.05, 3.63) is 58.4 Å². The molecule has 104 valence electrons. The van der Waals surface area contributed by atoms with Crippen LogP contribution in [-0.4, -0.2) is 18.1 Å². The molecule has 4 nitrogen and oxygen atoms in total. The van der Waals surface area contributed by atoms with E-state index < -0.39 is 5.97 Å². The summed E-state index contributed by atoms with van der Waals surface area (Å²) < 4.78 is 4.76. The molecule has 0 aliphatic heterocycles. The molecule has 1 heterocycles. The van der Waals surface area contributed by atoms with E-state index in [4.69, 9.17) is 16.3 Å². The molecule has 1 N–H and O–H groups in total. The van der Waals surface area contributed by atoms with Gasteiger partial charge >= 0.3 is 5.97 Å². The number of esters is 1. The Bertz CT molecular complexity index is 629. The van der Waals surface area contributed by atoms with Crippen LogP contribution in [0.25, 0.3) is 0 Å². The fraction of sp³-hybridized carbons (Fsp3) is 0.200. The largest absolute Gasteiger partial charge is 0.465 e. The summed E-state index contributed by atoms with van der Waals surface area (Å²) in [7, 11) is 1.35. The SMILES string of the molecule is COC(=O)c1ccc(Cl)cc1NCc1cnccc1C. The van der Waals surface area contributed by atoms with Crippen molar-refractivity contribution < 1.29 is 9.53 Å². The lowest BCUT2D eigenvalue weighted by Crippen LogP contribution is -2.09. The van der Waals surface area contributed by atoms with E-state index in [9.17, 15) is 4.79 Å². The molecule has 0 aliphatic carbocycles. The molecule has 1 aromatic heterocycles. The van der Waals surface area contributed by atoms with Gasteiger partial charge in [-0.3, -0.25) is 4.98 Å². The minimum absolute atomic E-state index is 0.396. The van der Waals surface area contributed by atoms with Crippen molar-refractivity contribution in [2.45, 2.75) is 13.5 Å². The first-order valence-electron chi connectivity index (χ1n) is 6.13. The molecule has 0 aliphatic rings. The summed E-state index contributed by atoms with van der Waals surface area (Å²) in [6.45, 7) is 2.57. The van der Waals surface area contributed by atoms with Crippen molar-refractivity contribution >= 4 is 23.3 Å². The zero-order chi connectivity index (χ0) is 14.5. The number of aromatic nitrogens is 1. The summed E-state index contributed by atoms with van der Waals surface area (Å²) in [5.41, 5.74) is 3.29. The molecule has 2 rings (SSSR count). The minimum Gasteiger partial charge on any atom is -0.465 e. The molecule has 0 unspecified atom stereocenters. The Morgan fingerprint density at radius 3 is 2.90 bits per heavy atom. The molecule has 0 fully saturated rings. The molecule has 0 amide bonds. The fourth-order valence-electron chi connectivity index (χ4n) is 1.82. The van der Waals surface area contributed by atoms with Gasteiger partial charge in [0.2, 0.25) is 0 Å². The van der Waals surface area contributed by atoms with E-state index in [2.05, 4.69) is 10.3 Å². The van der Waals surface area contributed by atoms with Gasteiger partial charge in [0, 0.05) is 24.0 Å². The number of nitrogens with zero attached hydrogens (tertiary/aromatic N) is 1. The average Bonchev–Trinajstić information content (AvgIpc) is 2.46. The molecule has 20 heavy (non-hydrogen) atoms. The standard InChI is InChI=1S/C15H15ClN2O2/c1-10-5-6-17-8-11(10)9-18-14-7-12(16)3-4-13(14)15(19)20-2/h3-8,18H,9H2,1-2H3. The topological polar surface area (TPSA) is 51.2 Å². The first-order valence-corrected chi connectivity index (χ1v) is 6.51. The summed E-state index contributed by atoms with van der Waals surface area (Å²) >= 11 is 5.97. The van der Waals surface area contributed by atoms with Gasteiger partial charge in [-0.15, -0.1) is 0 Å². The smallest absolute Gasteiger partial charge is 0.339 e. The quantitative estimate of drug-likeness (QED) is 0.876. The number of nitrogens with one attached hydrogen (secondary N) is 1. The second kappa shape index (κ2) is 6.39. The van der Waals surface area contributed by atoms with Crippen molar-refractivity contribution in [1.82, 2.24) is 4.98 Å². The van der Waals surface area contributed by atoms with Gasteiger partial charge < -0.3 is 10.1 Å². The van der Waals surface area contributed by atoms with E-state index in [0.717, 1.165) is 11.1 Å². The van der Waals surface area contributed by atoms with Gasteiger partial charge in [0.25, 0.3) is 0 Å². The highest BCUT2D eigenvalue weighted by Crippen LogP contribution is 2.22. The number of methoxy groups -OCH3 is 1. The van der Waals surface area contributed by atoms with E-state index in [1.54, 1.807) is 30.6 Å². The van der Waals surface area contributed by atoms with Gasteiger partial charge in [-0.25, -0.2) is 4.79 Å².